The Morgan fingerprint density at radius 2 is 1.87 bits per heavy atom. The maximum Gasteiger partial charge on any atom is 0.326 e. The molecule has 4 unspecified atom stereocenters. The average molecular weight is 344 g/mol. The lowest BCUT2D eigenvalue weighted by Crippen LogP contribution is -2.53. The van der Waals surface area contributed by atoms with Gasteiger partial charge in [0, 0.05) is 19.1 Å². The number of aliphatic carboxylic acids is 1. The normalized spacial score (nSPS) is 35.8. The number of carboxylic acids is 1. The van der Waals surface area contributed by atoms with Gasteiger partial charge in [0.1, 0.15) is 6.04 Å². The topological polar surface area (TPSA) is 95.0 Å². The van der Waals surface area contributed by atoms with Crippen molar-refractivity contribution in [3.05, 3.63) is 0 Å². The van der Waals surface area contributed by atoms with Crippen molar-refractivity contribution in [3.8, 4) is 0 Å². The summed E-state index contributed by atoms with van der Waals surface area (Å²) >= 11 is 0. The van der Waals surface area contributed by atoms with E-state index < -0.39 is 21.8 Å². The van der Waals surface area contributed by atoms with Crippen molar-refractivity contribution in [1.29, 1.82) is 0 Å². The number of hydrogen-bond acceptors (Lipinski definition) is 4. The lowest BCUT2D eigenvalue weighted by atomic mass is 9.85. The maximum atomic E-state index is 12.9. The van der Waals surface area contributed by atoms with E-state index in [2.05, 4.69) is 0 Å². The molecular weight excluding hydrogens is 320 g/mol. The molecule has 1 N–H and O–H groups in total. The van der Waals surface area contributed by atoms with Crippen LogP contribution in [0.15, 0.2) is 0 Å². The van der Waals surface area contributed by atoms with Gasteiger partial charge < -0.3 is 14.9 Å². The Kier molecular flexibility index (Phi) is 4.29. The zero-order chi connectivity index (χ0) is 16.8. The number of sulfone groups is 1. The standard InChI is InChI=1S/C15H24N2O5S/c1-16(11-6-7-23(21,22)9-11)15(20)17-12-5-3-2-4-10(12)8-13(17)14(18)19/h10-13H,2-9H2,1H3,(H,18,19). The number of carbonyl (C=O) groups is 2. The molecule has 2 heterocycles. The summed E-state index contributed by atoms with van der Waals surface area (Å²) in [7, 11) is -1.48. The van der Waals surface area contributed by atoms with E-state index in [9.17, 15) is 23.1 Å². The second-order valence-corrected chi connectivity index (χ2v) is 9.29. The summed E-state index contributed by atoms with van der Waals surface area (Å²) < 4.78 is 23.3. The maximum absolute atomic E-state index is 12.9. The first-order valence-corrected chi connectivity index (χ1v) is 10.1. The van der Waals surface area contributed by atoms with Gasteiger partial charge in [0.05, 0.1) is 11.5 Å². The van der Waals surface area contributed by atoms with Crippen LogP contribution in [0.1, 0.15) is 38.5 Å². The summed E-state index contributed by atoms with van der Waals surface area (Å²) in [5, 5.41) is 9.50. The minimum atomic E-state index is -3.08. The van der Waals surface area contributed by atoms with Crippen LogP contribution in [-0.4, -0.2) is 72.0 Å². The Morgan fingerprint density at radius 1 is 1.17 bits per heavy atom. The Hall–Kier alpha value is -1.31. The SMILES string of the molecule is CN(C(=O)N1C(C(=O)O)CC2CCCCC21)C1CCS(=O)(=O)C1. The van der Waals surface area contributed by atoms with E-state index in [4.69, 9.17) is 0 Å². The smallest absolute Gasteiger partial charge is 0.326 e. The summed E-state index contributed by atoms with van der Waals surface area (Å²) in [6, 6.07) is -1.47. The predicted octanol–water partition coefficient (Wildman–Crippen LogP) is 0.943. The molecule has 0 aromatic carbocycles. The van der Waals surface area contributed by atoms with Gasteiger partial charge in [-0.1, -0.05) is 12.8 Å². The van der Waals surface area contributed by atoms with Crippen LogP contribution in [0.4, 0.5) is 4.79 Å². The van der Waals surface area contributed by atoms with E-state index >= 15 is 0 Å². The first-order valence-electron chi connectivity index (χ1n) is 8.28. The molecule has 8 heteroatoms. The summed E-state index contributed by atoms with van der Waals surface area (Å²) in [6.07, 6.45) is 4.87. The summed E-state index contributed by atoms with van der Waals surface area (Å²) in [6.45, 7) is 0. The first kappa shape index (κ1) is 16.5. The van der Waals surface area contributed by atoms with E-state index in [1.54, 1.807) is 7.05 Å². The third-order valence-corrected chi connectivity index (χ3v) is 7.40. The van der Waals surface area contributed by atoms with E-state index in [-0.39, 0.29) is 35.5 Å². The number of carbonyl (C=O) groups excluding carboxylic acids is 1. The molecule has 0 bridgehead atoms. The van der Waals surface area contributed by atoms with E-state index in [1.807, 2.05) is 0 Å². The monoisotopic (exact) mass is 344 g/mol. The highest BCUT2D eigenvalue weighted by Crippen LogP contribution is 2.40. The van der Waals surface area contributed by atoms with Gasteiger partial charge in [-0.15, -0.1) is 0 Å². The van der Waals surface area contributed by atoms with Gasteiger partial charge in [0.25, 0.3) is 0 Å². The first-order chi connectivity index (χ1) is 10.8. The zero-order valence-electron chi connectivity index (χ0n) is 13.3. The zero-order valence-corrected chi connectivity index (χ0v) is 14.2. The second kappa shape index (κ2) is 5.96. The Bertz CT molecular complexity index is 605. The van der Waals surface area contributed by atoms with Gasteiger partial charge in [-0.25, -0.2) is 18.0 Å². The molecule has 2 aliphatic heterocycles. The third-order valence-electron chi connectivity index (χ3n) is 5.65. The van der Waals surface area contributed by atoms with Crippen LogP contribution in [0.3, 0.4) is 0 Å². The number of likely N-dealkylation sites (tertiary alicyclic amines) is 1. The lowest BCUT2D eigenvalue weighted by molar-refractivity contribution is -0.141. The van der Waals surface area contributed by atoms with E-state index in [1.165, 1.54) is 9.80 Å². The van der Waals surface area contributed by atoms with E-state index in [0.717, 1.165) is 25.7 Å². The number of amides is 2. The van der Waals surface area contributed by atoms with Crippen LogP contribution in [-0.2, 0) is 14.6 Å². The van der Waals surface area contributed by atoms with Crippen molar-refractivity contribution >= 4 is 21.8 Å². The van der Waals surface area contributed by atoms with Crippen molar-refractivity contribution in [1.82, 2.24) is 9.80 Å². The van der Waals surface area contributed by atoms with Crippen molar-refractivity contribution in [2.75, 3.05) is 18.6 Å². The van der Waals surface area contributed by atoms with Crippen LogP contribution in [0.25, 0.3) is 0 Å². The number of hydrogen-bond donors (Lipinski definition) is 1. The molecule has 0 aromatic heterocycles. The largest absolute Gasteiger partial charge is 0.480 e. The highest BCUT2D eigenvalue weighted by Gasteiger charge is 2.49. The summed E-state index contributed by atoms with van der Waals surface area (Å²) in [5.41, 5.74) is 0. The Balaban J connectivity index is 1.79. The van der Waals surface area contributed by atoms with Crippen LogP contribution < -0.4 is 0 Å². The molecule has 7 nitrogen and oxygen atoms in total. The second-order valence-electron chi connectivity index (χ2n) is 7.06. The van der Waals surface area contributed by atoms with Crippen LogP contribution in [0, 0.1) is 5.92 Å². The molecule has 3 rings (SSSR count). The highest BCUT2D eigenvalue weighted by atomic mass is 32.2. The van der Waals surface area contributed by atoms with Crippen LogP contribution >= 0.6 is 0 Å². The summed E-state index contributed by atoms with van der Waals surface area (Å²) in [5.74, 6) is -0.617. The fraction of sp³-hybridized carbons (Fsp3) is 0.867. The van der Waals surface area contributed by atoms with Gasteiger partial charge in [0.15, 0.2) is 9.84 Å². The van der Waals surface area contributed by atoms with Gasteiger partial charge in [-0.3, -0.25) is 0 Å². The molecule has 4 atom stereocenters. The number of fused-ring (bicyclic) bond motifs is 1. The molecule has 3 fully saturated rings. The molecule has 0 radical (unpaired) electrons. The predicted molar refractivity (Wildman–Crippen MR) is 83.8 cm³/mol. The Morgan fingerprint density at radius 3 is 2.48 bits per heavy atom. The third kappa shape index (κ3) is 3.05. The molecule has 1 aliphatic carbocycles. The molecule has 130 valence electrons. The Labute approximate surface area is 136 Å². The molecule has 2 amide bonds. The highest BCUT2D eigenvalue weighted by molar-refractivity contribution is 7.91. The fourth-order valence-corrected chi connectivity index (χ4v) is 6.15. The van der Waals surface area contributed by atoms with Gasteiger partial charge in [-0.05, 0) is 31.6 Å². The van der Waals surface area contributed by atoms with Gasteiger partial charge in [-0.2, -0.15) is 0 Å². The van der Waals surface area contributed by atoms with Crippen molar-refractivity contribution < 1.29 is 23.1 Å². The van der Waals surface area contributed by atoms with Gasteiger partial charge >= 0.3 is 12.0 Å². The number of nitrogens with zero attached hydrogens (tertiary/aromatic N) is 2. The molecule has 0 spiro atoms. The van der Waals surface area contributed by atoms with Gasteiger partial charge in [0.2, 0.25) is 0 Å². The molecular formula is C15H24N2O5S. The minimum Gasteiger partial charge on any atom is -0.480 e. The van der Waals surface area contributed by atoms with Crippen LogP contribution in [0.5, 0.6) is 0 Å². The molecule has 23 heavy (non-hydrogen) atoms. The lowest BCUT2D eigenvalue weighted by Gasteiger charge is -2.37. The van der Waals surface area contributed by atoms with Crippen molar-refractivity contribution in [2.24, 2.45) is 5.92 Å². The molecule has 0 aromatic rings. The van der Waals surface area contributed by atoms with Crippen molar-refractivity contribution in [3.63, 3.8) is 0 Å². The summed E-state index contributed by atoms with van der Waals surface area (Å²) in [4.78, 5) is 27.5. The number of urea groups is 1. The molecule has 1 saturated carbocycles. The molecule has 2 saturated heterocycles. The molecule has 3 aliphatic rings. The van der Waals surface area contributed by atoms with Crippen LogP contribution in [0.2, 0.25) is 0 Å². The number of carboxylic acid groups (broad SMARTS) is 1. The average Bonchev–Trinajstić information content (AvgIpc) is 3.06. The number of rotatable bonds is 2. The fourth-order valence-electron chi connectivity index (χ4n) is 4.37. The quantitative estimate of drug-likeness (QED) is 0.804. The minimum absolute atomic E-state index is 0.0159. The van der Waals surface area contributed by atoms with Crippen molar-refractivity contribution in [2.45, 2.75) is 56.7 Å². The van der Waals surface area contributed by atoms with E-state index in [0.29, 0.717) is 12.8 Å².